The highest BCUT2D eigenvalue weighted by molar-refractivity contribution is 7.14. The standard InChI is InChI=1S/C24H26N6O2S/c31-22(14-17-3-1-4-18(13-17)32-12-11-30-9-7-25-8-10-30)29-24-28-21(16-33-24)20-15-27-23-19(20)5-2-6-26-23/h1-6,13,15-16,25H,7-12,14H2,(H,26,27)(H,28,29,31). The minimum absolute atomic E-state index is 0.102. The van der Waals surface area contributed by atoms with Gasteiger partial charge in [-0.1, -0.05) is 12.1 Å². The predicted molar refractivity (Wildman–Crippen MR) is 131 cm³/mol. The van der Waals surface area contributed by atoms with E-state index in [-0.39, 0.29) is 12.3 Å². The van der Waals surface area contributed by atoms with Gasteiger partial charge in [0, 0.05) is 61.4 Å². The SMILES string of the molecule is O=C(Cc1cccc(OCCN2CCNCC2)c1)Nc1nc(-c2c[nH]c3ncccc23)cs1. The first kappa shape index (κ1) is 21.6. The summed E-state index contributed by atoms with van der Waals surface area (Å²) in [6.07, 6.45) is 3.91. The number of ether oxygens (including phenoxy) is 1. The van der Waals surface area contributed by atoms with Gasteiger partial charge in [0.15, 0.2) is 5.13 Å². The van der Waals surface area contributed by atoms with Gasteiger partial charge in [-0.15, -0.1) is 11.3 Å². The summed E-state index contributed by atoms with van der Waals surface area (Å²) in [5.41, 5.74) is 3.52. The number of aromatic amines is 1. The number of nitrogens with zero attached hydrogens (tertiary/aromatic N) is 3. The third kappa shape index (κ3) is 5.39. The Morgan fingerprint density at radius 3 is 3.03 bits per heavy atom. The molecule has 0 atom stereocenters. The van der Waals surface area contributed by atoms with Crippen molar-refractivity contribution < 1.29 is 9.53 Å². The number of carbonyl (C=O) groups excluding carboxylic acids is 1. The predicted octanol–water partition coefficient (Wildman–Crippen LogP) is 3.15. The van der Waals surface area contributed by atoms with E-state index in [1.807, 2.05) is 48.0 Å². The third-order valence-electron chi connectivity index (χ3n) is 5.63. The number of pyridine rings is 1. The maximum absolute atomic E-state index is 12.6. The molecule has 1 aliphatic rings. The number of amides is 1. The zero-order valence-corrected chi connectivity index (χ0v) is 19.0. The van der Waals surface area contributed by atoms with Gasteiger partial charge in [-0.05, 0) is 29.8 Å². The smallest absolute Gasteiger partial charge is 0.230 e. The Morgan fingerprint density at radius 1 is 1.21 bits per heavy atom. The van der Waals surface area contributed by atoms with E-state index < -0.39 is 0 Å². The van der Waals surface area contributed by atoms with Crippen LogP contribution >= 0.6 is 11.3 Å². The summed E-state index contributed by atoms with van der Waals surface area (Å²) in [4.78, 5) is 27.1. The summed E-state index contributed by atoms with van der Waals surface area (Å²) < 4.78 is 5.92. The van der Waals surface area contributed by atoms with Crippen LogP contribution in [0.5, 0.6) is 5.75 Å². The Bertz CT molecular complexity index is 1230. The molecule has 170 valence electrons. The van der Waals surface area contributed by atoms with E-state index in [0.717, 1.165) is 66.3 Å². The maximum atomic E-state index is 12.6. The molecule has 1 aromatic carbocycles. The van der Waals surface area contributed by atoms with Crippen LogP contribution in [0.4, 0.5) is 5.13 Å². The normalized spacial score (nSPS) is 14.4. The van der Waals surface area contributed by atoms with E-state index in [1.165, 1.54) is 11.3 Å². The van der Waals surface area contributed by atoms with Crippen molar-refractivity contribution >= 4 is 33.4 Å². The summed E-state index contributed by atoms with van der Waals surface area (Å²) in [5, 5.41) is 9.80. The van der Waals surface area contributed by atoms with Crippen molar-refractivity contribution in [3.63, 3.8) is 0 Å². The molecule has 1 saturated heterocycles. The number of benzene rings is 1. The lowest BCUT2D eigenvalue weighted by Gasteiger charge is -2.26. The molecule has 1 aliphatic heterocycles. The van der Waals surface area contributed by atoms with Crippen molar-refractivity contribution in [3.8, 4) is 17.0 Å². The Balaban J connectivity index is 1.16. The van der Waals surface area contributed by atoms with E-state index in [1.54, 1.807) is 6.20 Å². The molecular weight excluding hydrogens is 436 g/mol. The second-order valence-electron chi connectivity index (χ2n) is 7.95. The van der Waals surface area contributed by atoms with Crippen LogP contribution in [0.25, 0.3) is 22.3 Å². The highest BCUT2D eigenvalue weighted by Crippen LogP contribution is 2.30. The number of piperazine rings is 1. The van der Waals surface area contributed by atoms with Gasteiger partial charge in [-0.25, -0.2) is 9.97 Å². The Labute approximate surface area is 196 Å². The number of hydrogen-bond donors (Lipinski definition) is 3. The molecule has 33 heavy (non-hydrogen) atoms. The van der Waals surface area contributed by atoms with Crippen LogP contribution in [0.15, 0.2) is 54.2 Å². The molecule has 3 N–H and O–H groups in total. The lowest BCUT2D eigenvalue weighted by molar-refractivity contribution is -0.115. The number of hydrogen-bond acceptors (Lipinski definition) is 7. The van der Waals surface area contributed by atoms with Gasteiger partial charge in [0.2, 0.25) is 5.91 Å². The molecule has 5 rings (SSSR count). The molecule has 4 heterocycles. The molecule has 1 amide bonds. The van der Waals surface area contributed by atoms with Crippen molar-refractivity contribution in [1.82, 2.24) is 25.2 Å². The number of nitrogens with one attached hydrogen (secondary N) is 3. The lowest BCUT2D eigenvalue weighted by Crippen LogP contribution is -2.44. The number of carbonyl (C=O) groups is 1. The van der Waals surface area contributed by atoms with Crippen LogP contribution < -0.4 is 15.4 Å². The van der Waals surface area contributed by atoms with Gasteiger partial charge in [0.05, 0.1) is 12.1 Å². The number of aromatic nitrogens is 3. The van der Waals surface area contributed by atoms with Crippen molar-refractivity contribution in [3.05, 3.63) is 59.7 Å². The van der Waals surface area contributed by atoms with Crippen molar-refractivity contribution in [2.45, 2.75) is 6.42 Å². The monoisotopic (exact) mass is 462 g/mol. The van der Waals surface area contributed by atoms with Gasteiger partial charge in [0.1, 0.15) is 18.0 Å². The molecule has 4 aromatic rings. The summed E-state index contributed by atoms with van der Waals surface area (Å²) in [7, 11) is 0. The van der Waals surface area contributed by atoms with Crippen LogP contribution in [0, 0.1) is 0 Å². The number of fused-ring (bicyclic) bond motifs is 1. The van der Waals surface area contributed by atoms with E-state index in [4.69, 9.17) is 4.74 Å². The lowest BCUT2D eigenvalue weighted by atomic mass is 10.1. The van der Waals surface area contributed by atoms with E-state index in [2.05, 4.69) is 30.5 Å². The summed E-state index contributed by atoms with van der Waals surface area (Å²) in [6, 6.07) is 11.6. The third-order valence-corrected chi connectivity index (χ3v) is 6.38. The van der Waals surface area contributed by atoms with Crippen LogP contribution in [-0.4, -0.2) is 65.1 Å². The molecule has 9 heteroatoms. The Morgan fingerprint density at radius 2 is 2.12 bits per heavy atom. The van der Waals surface area contributed by atoms with Gasteiger partial charge < -0.3 is 20.4 Å². The van der Waals surface area contributed by atoms with Crippen LogP contribution in [0.3, 0.4) is 0 Å². The first-order chi connectivity index (χ1) is 16.2. The fraction of sp³-hybridized carbons (Fsp3) is 0.292. The highest BCUT2D eigenvalue weighted by Gasteiger charge is 2.13. The molecule has 1 fully saturated rings. The van der Waals surface area contributed by atoms with Crippen molar-refractivity contribution in [2.75, 3.05) is 44.6 Å². The molecule has 0 bridgehead atoms. The minimum atomic E-state index is -0.102. The summed E-state index contributed by atoms with van der Waals surface area (Å²) in [5.74, 6) is 0.689. The largest absolute Gasteiger partial charge is 0.492 e. The highest BCUT2D eigenvalue weighted by atomic mass is 32.1. The van der Waals surface area contributed by atoms with Gasteiger partial charge >= 0.3 is 0 Å². The average molecular weight is 463 g/mol. The zero-order valence-electron chi connectivity index (χ0n) is 18.2. The van der Waals surface area contributed by atoms with Crippen LogP contribution in [0.1, 0.15) is 5.56 Å². The second kappa shape index (κ2) is 10.1. The number of H-pyrrole nitrogens is 1. The maximum Gasteiger partial charge on any atom is 0.230 e. The van der Waals surface area contributed by atoms with Gasteiger partial charge in [-0.3, -0.25) is 9.69 Å². The van der Waals surface area contributed by atoms with Gasteiger partial charge in [-0.2, -0.15) is 0 Å². The molecule has 0 aliphatic carbocycles. The number of anilines is 1. The summed E-state index contributed by atoms with van der Waals surface area (Å²) in [6.45, 7) is 5.72. The van der Waals surface area contributed by atoms with E-state index in [0.29, 0.717) is 11.7 Å². The molecule has 0 unspecified atom stereocenters. The first-order valence-corrected chi connectivity index (χ1v) is 12.0. The van der Waals surface area contributed by atoms with E-state index in [9.17, 15) is 4.79 Å². The summed E-state index contributed by atoms with van der Waals surface area (Å²) >= 11 is 1.41. The fourth-order valence-electron chi connectivity index (χ4n) is 3.94. The quantitative estimate of drug-likeness (QED) is 0.372. The van der Waals surface area contributed by atoms with Crippen molar-refractivity contribution in [1.29, 1.82) is 0 Å². The van der Waals surface area contributed by atoms with E-state index >= 15 is 0 Å². The zero-order chi connectivity index (χ0) is 22.5. The van der Waals surface area contributed by atoms with Crippen molar-refractivity contribution in [2.24, 2.45) is 0 Å². The molecule has 0 spiro atoms. The molecule has 0 radical (unpaired) electrons. The second-order valence-corrected chi connectivity index (χ2v) is 8.81. The van der Waals surface area contributed by atoms with Crippen LogP contribution in [0.2, 0.25) is 0 Å². The topological polar surface area (TPSA) is 95.2 Å². The first-order valence-electron chi connectivity index (χ1n) is 11.1. The molecule has 8 nitrogen and oxygen atoms in total. The average Bonchev–Trinajstić information content (AvgIpc) is 3.47. The Hall–Kier alpha value is -3.27. The Kier molecular flexibility index (Phi) is 6.61. The number of rotatable bonds is 8. The minimum Gasteiger partial charge on any atom is -0.492 e. The van der Waals surface area contributed by atoms with Gasteiger partial charge in [0.25, 0.3) is 0 Å². The fourth-order valence-corrected chi connectivity index (χ4v) is 4.67. The molecule has 0 saturated carbocycles. The van der Waals surface area contributed by atoms with Crippen LogP contribution in [-0.2, 0) is 11.2 Å². The molecule has 3 aromatic heterocycles. The number of thiazole rings is 1. The molecular formula is C24H26N6O2S.